The molecule has 1 aliphatic rings. The van der Waals surface area contributed by atoms with Gasteiger partial charge in [-0.05, 0) is 47.7 Å². The van der Waals surface area contributed by atoms with Crippen LogP contribution in [0.4, 0.5) is 16.2 Å². The Bertz CT molecular complexity index is 1800. The van der Waals surface area contributed by atoms with Crippen LogP contribution in [0, 0.1) is 10.1 Å². The van der Waals surface area contributed by atoms with Crippen molar-refractivity contribution in [1.29, 1.82) is 0 Å². The molecule has 0 unspecified atom stereocenters. The van der Waals surface area contributed by atoms with Crippen LogP contribution >= 0.6 is 23.4 Å². The van der Waals surface area contributed by atoms with Crippen LogP contribution in [0.25, 0.3) is 17.0 Å². The molecule has 3 amide bonds. The molecule has 2 heterocycles. The fraction of sp³-hybridized carbons (Fsp3) is 0.103. The normalized spacial score (nSPS) is 14.0. The van der Waals surface area contributed by atoms with Gasteiger partial charge in [0.2, 0.25) is 5.91 Å². The van der Waals surface area contributed by atoms with Gasteiger partial charge in [0.15, 0.2) is 0 Å². The number of thioether (sulfide) groups is 1. The number of imide groups is 1. The summed E-state index contributed by atoms with van der Waals surface area (Å²) >= 11 is 6.74. The van der Waals surface area contributed by atoms with Crippen molar-refractivity contribution < 1.29 is 28.8 Å². The Labute approximate surface area is 247 Å². The van der Waals surface area contributed by atoms with E-state index in [1.165, 1.54) is 37.4 Å². The van der Waals surface area contributed by atoms with Crippen molar-refractivity contribution in [2.45, 2.75) is 6.54 Å². The summed E-state index contributed by atoms with van der Waals surface area (Å²) in [5, 5.41) is 13.9. The Balaban J connectivity index is 1.34. The van der Waals surface area contributed by atoms with Crippen LogP contribution in [-0.2, 0) is 20.9 Å². The first-order chi connectivity index (χ1) is 20.1. The molecule has 11 nitrogen and oxygen atoms in total. The molecule has 42 heavy (non-hydrogen) atoms. The summed E-state index contributed by atoms with van der Waals surface area (Å²) in [4.78, 5) is 62.0. The van der Waals surface area contributed by atoms with E-state index < -0.39 is 34.5 Å². The Morgan fingerprint density at radius 1 is 1.10 bits per heavy atom. The number of rotatable bonds is 8. The molecule has 212 valence electrons. The van der Waals surface area contributed by atoms with Gasteiger partial charge in [0.05, 0.1) is 27.5 Å². The third kappa shape index (κ3) is 5.90. The fourth-order valence-corrected chi connectivity index (χ4v) is 5.46. The highest BCUT2D eigenvalue weighted by molar-refractivity contribution is 8.18. The van der Waals surface area contributed by atoms with Gasteiger partial charge in [0, 0.05) is 47.0 Å². The number of hydrogen-bond donors (Lipinski definition) is 1. The molecule has 1 saturated heterocycles. The smallest absolute Gasteiger partial charge is 0.339 e. The number of carbonyl (C=O) groups excluding carboxylic acids is 4. The lowest BCUT2D eigenvalue weighted by molar-refractivity contribution is -0.384. The number of benzene rings is 3. The van der Waals surface area contributed by atoms with Crippen molar-refractivity contribution in [2.75, 3.05) is 19.0 Å². The number of anilines is 1. The van der Waals surface area contributed by atoms with Crippen LogP contribution in [0.1, 0.15) is 21.5 Å². The number of para-hydroxylation sites is 1. The van der Waals surface area contributed by atoms with Crippen LogP contribution in [-0.4, -0.2) is 51.1 Å². The first kappa shape index (κ1) is 28.6. The first-order valence-electron chi connectivity index (χ1n) is 12.4. The van der Waals surface area contributed by atoms with E-state index in [1.54, 1.807) is 18.2 Å². The molecule has 1 N–H and O–H groups in total. The van der Waals surface area contributed by atoms with Gasteiger partial charge >= 0.3 is 5.97 Å². The van der Waals surface area contributed by atoms with Gasteiger partial charge in [-0.1, -0.05) is 41.9 Å². The van der Waals surface area contributed by atoms with Crippen LogP contribution in [0.2, 0.25) is 5.02 Å². The summed E-state index contributed by atoms with van der Waals surface area (Å²) in [6.07, 6.45) is 3.45. The Kier molecular flexibility index (Phi) is 8.09. The molecule has 3 aromatic carbocycles. The van der Waals surface area contributed by atoms with Crippen molar-refractivity contribution in [3.63, 3.8) is 0 Å². The highest BCUT2D eigenvalue weighted by Gasteiger charge is 2.36. The SMILES string of the molecule is COC(=O)c1cc(NC(=O)CN2C(=O)S/C(=C\c3cn(Cc4ccc([N+](=O)[O-])cc4)c4ccccc34)C2=O)ccc1Cl. The van der Waals surface area contributed by atoms with E-state index in [1.807, 2.05) is 35.0 Å². The Morgan fingerprint density at radius 3 is 2.55 bits per heavy atom. The number of amides is 3. The van der Waals surface area contributed by atoms with E-state index in [0.717, 1.165) is 33.1 Å². The number of nitrogens with one attached hydrogen (secondary N) is 1. The van der Waals surface area contributed by atoms with Crippen molar-refractivity contribution in [1.82, 2.24) is 9.47 Å². The van der Waals surface area contributed by atoms with E-state index in [0.29, 0.717) is 12.1 Å². The minimum atomic E-state index is -0.679. The molecule has 0 atom stereocenters. The topological polar surface area (TPSA) is 141 Å². The van der Waals surface area contributed by atoms with E-state index in [9.17, 15) is 29.3 Å². The zero-order valence-electron chi connectivity index (χ0n) is 21.9. The van der Waals surface area contributed by atoms with Crippen LogP contribution < -0.4 is 5.32 Å². The average Bonchev–Trinajstić information content (AvgIpc) is 3.45. The zero-order valence-corrected chi connectivity index (χ0v) is 23.5. The molecule has 0 radical (unpaired) electrons. The van der Waals surface area contributed by atoms with Crippen molar-refractivity contribution in [2.24, 2.45) is 0 Å². The molecule has 0 bridgehead atoms. The second-order valence-electron chi connectivity index (χ2n) is 9.16. The summed E-state index contributed by atoms with van der Waals surface area (Å²) in [5.74, 6) is -1.93. The molecule has 4 aromatic rings. The largest absolute Gasteiger partial charge is 0.465 e. The van der Waals surface area contributed by atoms with Crippen molar-refractivity contribution in [3.8, 4) is 0 Å². The van der Waals surface area contributed by atoms with Gasteiger partial charge in [-0.3, -0.25) is 29.4 Å². The number of nitrogens with zero attached hydrogens (tertiary/aromatic N) is 3. The molecule has 13 heteroatoms. The minimum Gasteiger partial charge on any atom is -0.465 e. The molecule has 1 fully saturated rings. The molecule has 0 aliphatic carbocycles. The lowest BCUT2D eigenvalue weighted by atomic mass is 10.1. The number of fused-ring (bicyclic) bond motifs is 1. The minimum absolute atomic E-state index is 0.000297. The lowest BCUT2D eigenvalue weighted by Gasteiger charge is -2.13. The monoisotopic (exact) mass is 604 g/mol. The van der Waals surface area contributed by atoms with Gasteiger partial charge in [0.25, 0.3) is 16.8 Å². The van der Waals surface area contributed by atoms with Crippen molar-refractivity contribution in [3.05, 3.63) is 110 Å². The maximum Gasteiger partial charge on any atom is 0.339 e. The molecule has 1 aromatic heterocycles. The lowest BCUT2D eigenvalue weighted by Crippen LogP contribution is -2.36. The van der Waals surface area contributed by atoms with E-state index >= 15 is 0 Å². The van der Waals surface area contributed by atoms with Gasteiger partial charge in [-0.15, -0.1) is 0 Å². The third-order valence-corrected chi connectivity index (χ3v) is 7.67. The standard InChI is InChI=1S/C29H21ClN4O7S/c1-41-28(37)22-13-19(8-11-23(22)30)31-26(35)16-33-27(36)25(42-29(33)38)12-18-15-32(24-5-3-2-4-21(18)24)14-17-6-9-20(10-7-17)34(39)40/h2-13,15H,14,16H2,1H3,(H,31,35)/b25-12-. The summed E-state index contributed by atoms with van der Waals surface area (Å²) in [6.45, 7) is -0.101. The Hall–Kier alpha value is -4.94. The van der Waals surface area contributed by atoms with Gasteiger partial charge in [-0.25, -0.2) is 4.79 Å². The summed E-state index contributed by atoms with van der Waals surface area (Å²) < 4.78 is 6.63. The second kappa shape index (κ2) is 11.9. The third-order valence-electron chi connectivity index (χ3n) is 6.44. The highest BCUT2D eigenvalue weighted by Crippen LogP contribution is 2.34. The summed E-state index contributed by atoms with van der Waals surface area (Å²) in [5.41, 5.74) is 2.71. The molecule has 0 saturated carbocycles. The molecular formula is C29H21ClN4O7S. The van der Waals surface area contributed by atoms with Crippen LogP contribution in [0.15, 0.2) is 77.8 Å². The highest BCUT2D eigenvalue weighted by atomic mass is 35.5. The Morgan fingerprint density at radius 2 is 1.83 bits per heavy atom. The predicted molar refractivity (Wildman–Crippen MR) is 158 cm³/mol. The van der Waals surface area contributed by atoms with Crippen LogP contribution in [0.5, 0.6) is 0 Å². The number of carbonyl (C=O) groups is 4. The van der Waals surface area contributed by atoms with E-state index in [-0.39, 0.29) is 26.9 Å². The van der Waals surface area contributed by atoms with Crippen LogP contribution in [0.3, 0.4) is 0 Å². The molecule has 5 rings (SSSR count). The van der Waals surface area contributed by atoms with E-state index in [2.05, 4.69) is 10.1 Å². The molecular weight excluding hydrogens is 584 g/mol. The number of hydrogen-bond acceptors (Lipinski definition) is 8. The maximum atomic E-state index is 13.2. The number of non-ortho nitro benzene ring substituents is 1. The number of esters is 1. The number of ether oxygens (including phenoxy) is 1. The average molecular weight is 605 g/mol. The number of methoxy groups -OCH3 is 1. The first-order valence-corrected chi connectivity index (χ1v) is 13.6. The molecule has 1 aliphatic heterocycles. The fourth-order valence-electron chi connectivity index (χ4n) is 4.43. The van der Waals surface area contributed by atoms with E-state index in [4.69, 9.17) is 11.6 Å². The zero-order chi connectivity index (χ0) is 30.0. The van der Waals surface area contributed by atoms with Gasteiger partial charge < -0.3 is 14.6 Å². The van der Waals surface area contributed by atoms with Crippen molar-refractivity contribution >= 4 is 74.7 Å². The second-order valence-corrected chi connectivity index (χ2v) is 10.6. The number of nitro benzene ring substituents is 1. The number of nitro groups is 1. The summed E-state index contributed by atoms with van der Waals surface area (Å²) in [7, 11) is 1.20. The predicted octanol–water partition coefficient (Wildman–Crippen LogP) is 5.71. The quantitative estimate of drug-likeness (QED) is 0.117. The maximum absolute atomic E-state index is 13.2. The summed E-state index contributed by atoms with van der Waals surface area (Å²) in [6, 6.07) is 18.0. The van der Waals surface area contributed by atoms with Gasteiger partial charge in [0.1, 0.15) is 6.54 Å². The van der Waals surface area contributed by atoms with Gasteiger partial charge in [-0.2, -0.15) is 0 Å². The molecule has 0 spiro atoms. The number of halogens is 1. The number of aromatic nitrogens is 1.